The Bertz CT molecular complexity index is 956. The van der Waals surface area contributed by atoms with Crippen LogP contribution in [0.25, 0.3) is 10.8 Å². The molecular weight excluding hydrogens is 370 g/mol. The molecule has 3 aromatic rings. The molecule has 1 amide bonds. The number of thiazole rings is 1. The molecule has 0 bridgehead atoms. The van der Waals surface area contributed by atoms with Gasteiger partial charge in [0, 0.05) is 18.5 Å². The molecule has 0 spiro atoms. The van der Waals surface area contributed by atoms with Gasteiger partial charge in [0.1, 0.15) is 5.75 Å². The Labute approximate surface area is 169 Å². The van der Waals surface area contributed by atoms with E-state index in [1.54, 1.807) is 0 Å². The maximum absolute atomic E-state index is 12.2. The second-order valence-electron chi connectivity index (χ2n) is 7.47. The summed E-state index contributed by atoms with van der Waals surface area (Å²) in [6, 6.07) is 13.9. The van der Waals surface area contributed by atoms with E-state index in [4.69, 9.17) is 4.74 Å². The number of carbonyl (C=O) groups is 1. The first kappa shape index (κ1) is 18.9. The van der Waals surface area contributed by atoms with Gasteiger partial charge in [-0.2, -0.15) is 0 Å². The summed E-state index contributed by atoms with van der Waals surface area (Å²) in [5.74, 6) is 1.24. The monoisotopic (exact) mass is 395 g/mol. The number of nitrogens with zero attached hydrogens (tertiary/aromatic N) is 2. The van der Waals surface area contributed by atoms with Gasteiger partial charge in [0.25, 0.3) is 5.91 Å². The topological polar surface area (TPSA) is 54.5 Å². The molecule has 1 aliphatic rings. The molecular formula is C22H25N3O2S. The number of aromatic nitrogens is 1. The zero-order valence-corrected chi connectivity index (χ0v) is 16.9. The number of likely N-dealkylation sites (tertiary alicyclic amines) is 1. The van der Waals surface area contributed by atoms with E-state index in [9.17, 15) is 4.79 Å². The lowest BCUT2D eigenvalue weighted by Gasteiger charge is -2.30. The molecule has 1 N–H and O–H groups in total. The number of ether oxygens (including phenoxy) is 1. The Hall–Kier alpha value is -2.44. The average Bonchev–Trinajstić information content (AvgIpc) is 3.13. The molecule has 2 heterocycles. The molecule has 1 atom stereocenters. The standard InChI is InChI=1S/C22H25N3O2S/c1-16-5-4-10-25(12-16)13-19-15-28-22(23-19)24-21(26)14-27-20-9-8-17-6-2-3-7-18(17)11-20/h2-3,6-9,11,15-16H,4-5,10,12-14H2,1H3,(H,23,24,26). The van der Waals surface area contributed by atoms with Crippen molar-refractivity contribution in [2.45, 2.75) is 26.3 Å². The fourth-order valence-electron chi connectivity index (χ4n) is 3.66. The van der Waals surface area contributed by atoms with Crippen molar-refractivity contribution in [3.05, 3.63) is 53.5 Å². The molecule has 1 saturated heterocycles. The Balaban J connectivity index is 1.28. The van der Waals surface area contributed by atoms with Crippen LogP contribution >= 0.6 is 11.3 Å². The highest BCUT2D eigenvalue weighted by Crippen LogP contribution is 2.22. The summed E-state index contributed by atoms with van der Waals surface area (Å²) >= 11 is 1.47. The quantitative estimate of drug-likeness (QED) is 0.665. The van der Waals surface area contributed by atoms with E-state index < -0.39 is 0 Å². The van der Waals surface area contributed by atoms with Crippen LogP contribution in [0.15, 0.2) is 47.8 Å². The molecule has 1 unspecified atom stereocenters. The Kier molecular flexibility index (Phi) is 5.88. The molecule has 1 fully saturated rings. The van der Waals surface area contributed by atoms with Crippen molar-refractivity contribution in [2.24, 2.45) is 5.92 Å². The van der Waals surface area contributed by atoms with Crippen molar-refractivity contribution in [3.63, 3.8) is 0 Å². The summed E-state index contributed by atoms with van der Waals surface area (Å²) in [4.78, 5) is 19.2. The number of fused-ring (bicyclic) bond motifs is 1. The van der Waals surface area contributed by atoms with Gasteiger partial charge in [0.15, 0.2) is 11.7 Å². The van der Waals surface area contributed by atoms with Gasteiger partial charge in [-0.3, -0.25) is 15.0 Å². The molecule has 0 radical (unpaired) electrons. The minimum absolute atomic E-state index is 0.0309. The van der Waals surface area contributed by atoms with Crippen molar-refractivity contribution in [1.29, 1.82) is 0 Å². The summed E-state index contributed by atoms with van der Waals surface area (Å²) in [6.07, 6.45) is 2.56. The average molecular weight is 396 g/mol. The molecule has 146 valence electrons. The zero-order valence-electron chi connectivity index (χ0n) is 16.1. The molecule has 4 rings (SSSR count). The first-order chi connectivity index (χ1) is 13.7. The van der Waals surface area contributed by atoms with E-state index in [1.165, 1.54) is 24.2 Å². The lowest BCUT2D eigenvalue weighted by atomic mass is 10.0. The Morgan fingerprint density at radius 1 is 1.29 bits per heavy atom. The highest BCUT2D eigenvalue weighted by molar-refractivity contribution is 7.13. The number of nitrogens with one attached hydrogen (secondary N) is 1. The van der Waals surface area contributed by atoms with E-state index in [2.05, 4.69) is 28.2 Å². The largest absolute Gasteiger partial charge is 0.484 e. The van der Waals surface area contributed by atoms with Crippen molar-refractivity contribution in [1.82, 2.24) is 9.88 Å². The number of rotatable bonds is 6. The van der Waals surface area contributed by atoms with Gasteiger partial charge in [0.05, 0.1) is 5.69 Å². The molecule has 0 saturated carbocycles. The number of amides is 1. The highest BCUT2D eigenvalue weighted by atomic mass is 32.1. The summed E-state index contributed by atoms with van der Waals surface area (Å²) in [6.45, 7) is 5.37. The van der Waals surface area contributed by atoms with Crippen molar-refractivity contribution >= 4 is 33.1 Å². The third-order valence-corrected chi connectivity index (χ3v) is 5.82. The Morgan fingerprint density at radius 3 is 3.00 bits per heavy atom. The van der Waals surface area contributed by atoms with E-state index in [0.717, 1.165) is 42.0 Å². The third-order valence-electron chi connectivity index (χ3n) is 5.02. The lowest BCUT2D eigenvalue weighted by Crippen LogP contribution is -2.33. The SMILES string of the molecule is CC1CCCN(Cc2csc(NC(=O)COc3ccc4ccccc4c3)n2)C1. The minimum Gasteiger partial charge on any atom is -0.484 e. The summed E-state index contributed by atoms with van der Waals surface area (Å²) in [7, 11) is 0. The number of anilines is 1. The van der Waals surface area contributed by atoms with Gasteiger partial charge >= 0.3 is 0 Å². The lowest BCUT2D eigenvalue weighted by molar-refractivity contribution is -0.118. The normalized spacial score (nSPS) is 17.5. The van der Waals surface area contributed by atoms with E-state index in [0.29, 0.717) is 10.9 Å². The maximum atomic E-state index is 12.2. The minimum atomic E-state index is -0.194. The van der Waals surface area contributed by atoms with Gasteiger partial charge in [0.2, 0.25) is 0 Å². The second kappa shape index (κ2) is 8.71. The van der Waals surface area contributed by atoms with Crippen LogP contribution in [0.2, 0.25) is 0 Å². The zero-order chi connectivity index (χ0) is 19.3. The number of hydrogen-bond donors (Lipinski definition) is 1. The van der Waals surface area contributed by atoms with Crippen LogP contribution in [0.3, 0.4) is 0 Å². The first-order valence-electron chi connectivity index (χ1n) is 9.74. The second-order valence-corrected chi connectivity index (χ2v) is 8.33. The number of hydrogen-bond acceptors (Lipinski definition) is 5. The molecule has 1 aliphatic heterocycles. The highest BCUT2D eigenvalue weighted by Gasteiger charge is 2.17. The van der Waals surface area contributed by atoms with Gasteiger partial charge < -0.3 is 4.74 Å². The van der Waals surface area contributed by atoms with Crippen LogP contribution in [0, 0.1) is 5.92 Å². The summed E-state index contributed by atoms with van der Waals surface area (Å²) in [5, 5.41) is 7.74. The molecule has 0 aliphatic carbocycles. The van der Waals surface area contributed by atoms with Crippen molar-refractivity contribution in [2.75, 3.05) is 25.0 Å². The van der Waals surface area contributed by atoms with Crippen LogP contribution in [-0.2, 0) is 11.3 Å². The third kappa shape index (κ3) is 4.88. The predicted octanol–water partition coefficient (Wildman–Crippen LogP) is 4.55. The maximum Gasteiger partial charge on any atom is 0.264 e. The molecule has 28 heavy (non-hydrogen) atoms. The molecule has 6 heteroatoms. The van der Waals surface area contributed by atoms with Crippen molar-refractivity contribution < 1.29 is 9.53 Å². The van der Waals surface area contributed by atoms with Gasteiger partial charge in [-0.15, -0.1) is 11.3 Å². The molecule has 2 aromatic carbocycles. The van der Waals surface area contributed by atoms with Crippen LogP contribution in [0.4, 0.5) is 5.13 Å². The summed E-state index contributed by atoms with van der Waals surface area (Å²) < 4.78 is 5.64. The van der Waals surface area contributed by atoms with Gasteiger partial charge in [-0.25, -0.2) is 4.98 Å². The van der Waals surface area contributed by atoms with Crippen molar-refractivity contribution in [3.8, 4) is 5.75 Å². The fourth-order valence-corrected chi connectivity index (χ4v) is 4.38. The summed E-state index contributed by atoms with van der Waals surface area (Å²) in [5.41, 5.74) is 1.02. The van der Waals surface area contributed by atoms with E-state index in [1.807, 2.05) is 41.8 Å². The number of carbonyl (C=O) groups excluding carboxylic acids is 1. The van der Waals surface area contributed by atoms with Crippen LogP contribution in [0.5, 0.6) is 5.75 Å². The van der Waals surface area contributed by atoms with Crippen LogP contribution in [0.1, 0.15) is 25.5 Å². The Morgan fingerprint density at radius 2 is 2.14 bits per heavy atom. The van der Waals surface area contributed by atoms with Gasteiger partial charge in [-0.1, -0.05) is 37.3 Å². The van der Waals surface area contributed by atoms with E-state index in [-0.39, 0.29) is 12.5 Å². The predicted molar refractivity (Wildman–Crippen MR) is 114 cm³/mol. The molecule has 1 aromatic heterocycles. The van der Waals surface area contributed by atoms with Crippen LogP contribution in [-0.4, -0.2) is 35.5 Å². The number of benzene rings is 2. The fraction of sp³-hybridized carbons (Fsp3) is 0.364. The molecule has 5 nitrogen and oxygen atoms in total. The van der Waals surface area contributed by atoms with E-state index >= 15 is 0 Å². The smallest absolute Gasteiger partial charge is 0.264 e. The van der Waals surface area contributed by atoms with Gasteiger partial charge in [-0.05, 0) is 48.2 Å². The first-order valence-corrected chi connectivity index (χ1v) is 10.6. The number of piperidine rings is 1. The van der Waals surface area contributed by atoms with Crippen LogP contribution < -0.4 is 10.1 Å².